The maximum Gasteiger partial charge on any atom is 0.408 e. The zero-order chi connectivity index (χ0) is 31.2. The number of carbonyl (C=O) groups excluding carboxylic acids is 3. The van der Waals surface area contributed by atoms with Crippen LogP contribution in [0.15, 0.2) is 72.8 Å². The molecular weight excluding hydrogens is 574 g/mol. The molecule has 230 valence electrons. The molecule has 0 aromatic heterocycles. The highest BCUT2D eigenvalue weighted by molar-refractivity contribution is 6.32. The van der Waals surface area contributed by atoms with Gasteiger partial charge in [0.1, 0.15) is 35.5 Å². The SMILES string of the molecule is COc1ccc(Oc2ccc(CNC(=O)[C@H](CCCNC(=O)OCc3ccccc3)NC(=O)OC(C)(C)C)cc2)c(Cl)c1. The van der Waals surface area contributed by atoms with Crippen LogP contribution in [0.2, 0.25) is 5.02 Å². The Bertz CT molecular complexity index is 1350. The minimum absolute atomic E-state index is 0.153. The lowest BCUT2D eigenvalue weighted by atomic mass is 10.1. The minimum Gasteiger partial charge on any atom is -0.497 e. The molecule has 10 nitrogen and oxygen atoms in total. The van der Waals surface area contributed by atoms with Crippen molar-refractivity contribution in [3.05, 3.63) is 88.9 Å². The summed E-state index contributed by atoms with van der Waals surface area (Å²) < 4.78 is 21.5. The average Bonchev–Trinajstić information content (AvgIpc) is 2.97. The topological polar surface area (TPSA) is 124 Å². The first kappa shape index (κ1) is 33.1. The van der Waals surface area contributed by atoms with Gasteiger partial charge in [-0.3, -0.25) is 4.79 Å². The number of methoxy groups -OCH3 is 1. The molecule has 0 spiro atoms. The standard InChI is InChI=1S/C32H38ClN3O7/c1-32(2,3)43-31(39)36-27(11-8-18-34-30(38)41-21-23-9-6-5-7-10-23)29(37)35-20-22-12-14-24(15-13-22)42-28-17-16-25(40-4)19-26(28)33/h5-7,9-10,12-17,19,27H,8,11,18,20-21H2,1-4H3,(H,34,38)(H,35,37)(H,36,39)/t27-/m0/s1. The highest BCUT2D eigenvalue weighted by atomic mass is 35.5. The Kier molecular flexibility index (Phi) is 12.5. The Morgan fingerprint density at radius 2 is 1.56 bits per heavy atom. The third-order valence-corrected chi connectivity index (χ3v) is 6.21. The van der Waals surface area contributed by atoms with Crippen LogP contribution in [0.4, 0.5) is 9.59 Å². The van der Waals surface area contributed by atoms with Crippen LogP contribution < -0.4 is 25.4 Å². The molecule has 3 aromatic carbocycles. The fraction of sp³-hybridized carbons (Fsp3) is 0.344. The van der Waals surface area contributed by atoms with E-state index in [0.717, 1.165) is 11.1 Å². The maximum absolute atomic E-state index is 13.1. The number of amides is 3. The van der Waals surface area contributed by atoms with E-state index in [1.54, 1.807) is 58.2 Å². The first-order valence-electron chi connectivity index (χ1n) is 13.8. The van der Waals surface area contributed by atoms with Gasteiger partial charge < -0.3 is 34.9 Å². The third-order valence-electron chi connectivity index (χ3n) is 5.92. The number of ether oxygens (including phenoxy) is 4. The molecule has 0 aliphatic rings. The smallest absolute Gasteiger partial charge is 0.408 e. The molecule has 1 atom stereocenters. The van der Waals surface area contributed by atoms with Crippen molar-refractivity contribution in [3.8, 4) is 17.2 Å². The summed E-state index contributed by atoms with van der Waals surface area (Å²) >= 11 is 6.25. The summed E-state index contributed by atoms with van der Waals surface area (Å²) in [6.45, 7) is 5.85. The number of hydrogen-bond acceptors (Lipinski definition) is 7. The van der Waals surface area contributed by atoms with E-state index in [4.69, 9.17) is 30.5 Å². The first-order chi connectivity index (χ1) is 20.5. The van der Waals surface area contributed by atoms with E-state index in [2.05, 4.69) is 16.0 Å². The third kappa shape index (κ3) is 12.1. The van der Waals surface area contributed by atoms with E-state index < -0.39 is 23.8 Å². The predicted octanol–water partition coefficient (Wildman–Crippen LogP) is 6.36. The van der Waals surface area contributed by atoms with Crippen molar-refractivity contribution in [1.29, 1.82) is 0 Å². The molecule has 0 heterocycles. The van der Waals surface area contributed by atoms with Crippen molar-refractivity contribution in [2.45, 2.75) is 58.4 Å². The van der Waals surface area contributed by atoms with Crippen LogP contribution in [0.5, 0.6) is 17.2 Å². The zero-order valence-electron chi connectivity index (χ0n) is 24.8. The van der Waals surface area contributed by atoms with E-state index in [-0.39, 0.29) is 32.0 Å². The van der Waals surface area contributed by atoms with Crippen LogP contribution in [0.25, 0.3) is 0 Å². The van der Waals surface area contributed by atoms with Crippen molar-refractivity contribution >= 4 is 29.7 Å². The van der Waals surface area contributed by atoms with Gasteiger partial charge in [-0.05, 0) is 69.0 Å². The average molecular weight is 612 g/mol. The van der Waals surface area contributed by atoms with E-state index in [1.807, 2.05) is 42.5 Å². The summed E-state index contributed by atoms with van der Waals surface area (Å²) in [5, 5.41) is 8.57. The highest BCUT2D eigenvalue weighted by Crippen LogP contribution is 2.32. The van der Waals surface area contributed by atoms with E-state index in [9.17, 15) is 14.4 Å². The van der Waals surface area contributed by atoms with Gasteiger partial charge >= 0.3 is 12.2 Å². The predicted molar refractivity (Wildman–Crippen MR) is 163 cm³/mol. The normalized spacial score (nSPS) is 11.6. The quantitative estimate of drug-likeness (QED) is 0.192. The van der Waals surface area contributed by atoms with Gasteiger partial charge in [0.2, 0.25) is 5.91 Å². The lowest BCUT2D eigenvalue weighted by molar-refractivity contribution is -0.123. The molecule has 3 N–H and O–H groups in total. The zero-order valence-corrected chi connectivity index (χ0v) is 25.5. The minimum atomic E-state index is -0.878. The molecule has 0 saturated carbocycles. The highest BCUT2D eigenvalue weighted by Gasteiger charge is 2.24. The lowest BCUT2D eigenvalue weighted by Crippen LogP contribution is -2.48. The van der Waals surface area contributed by atoms with Crippen molar-refractivity contribution < 1.29 is 33.3 Å². The molecule has 11 heteroatoms. The van der Waals surface area contributed by atoms with Crippen LogP contribution in [0.1, 0.15) is 44.7 Å². The molecule has 0 aliphatic carbocycles. The molecule has 43 heavy (non-hydrogen) atoms. The van der Waals surface area contributed by atoms with Crippen molar-refractivity contribution in [1.82, 2.24) is 16.0 Å². The second-order valence-electron chi connectivity index (χ2n) is 10.6. The number of halogens is 1. The molecule has 0 bridgehead atoms. The molecule has 0 unspecified atom stereocenters. The summed E-state index contributed by atoms with van der Waals surface area (Å²) in [7, 11) is 1.56. The Morgan fingerprint density at radius 3 is 2.21 bits per heavy atom. The van der Waals surface area contributed by atoms with Gasteiger partial charge in [-0.25, -0.2) is 9.59 Å². The van der Waals surface area contributed by atoms with Crippen LogP contribution in [-0.4, -0.2) is 43.4 Å². The molecule has 3 amide bonds. The van der Waals surface area contributed by atoms with E-state index in [1.165, 1.54) is 0 Å². The maximum atomic E-state index is 13.1. The fourth-order valence-electron chi connectivity index (χ4n) is 3.80. The van der Waals surface area contributed by atoms with Crippen molar-refractivity contribution in [2.75, 3.05) is 13.7 Å². The van der Waals surface area contributed by atoms with E-state index in [0.29, 0.717) is 28.7 Å². The Balaban J connectivity index is 1.50. The number of benzene rings is 3. The molecular formula is C32H38ClN3O7. The van der Waals surface area contributed by atoms with Gasteiger partial charge in [0.15, 0.2) is 0 Å². The summed E-state index contributed by atoms with van der Waals surface area (Å²) in [5.41, 5.74) is 0.967. The second-order valence-corrected chi connectivity index (χ2v) is 11.0. The lowest BCUT2D eigenvalue weighted by Gasteiger charge is -2.23. The first-order valence-corrected chi connectivity index (χ1v) is 14.2. The van der Waals surface area contributed by atoms with E-state index >= 15 is 0 Å². The fourth-order valence-corrected chi connectivity index (χ4v) is 4.00. The van der Waals surface area contributed by atoms with Gasteiger partial charge in [0.05, 0.1) is 12.1 Å². The molecule has 3 aromatic rings. The summed E-state index contributed by atoms with van der Waals surface area (Å²) in [6, 6.07) is 20.7. The molecule has 0 radical (unpaired) electrons. The number of rotatable bonds is 13. The summed E-state index contributed by atoms with van der Waals surface area (Å²) in [4.78, 5) is 37.5. The number of hydrogen-bond donors (Lipinski definition) is 3. The van der Waals surface area contributed by atoms with Crippen LogP contribution in [0.3, 0.4) is 0 Å². The van der Waals surface area contributed by atoms with Crippen molar-refractivity contribution in [2.24, 2.45) is 0 Å². The Hall–Kier alpha value is -4.44. The van der Waals surface area contributed by atoms with Gasteiger partial charge in [-0.15, -0.1) is 0 Å². The van der Waals surface area contributed by atoms with Gasteiger partial charge in [-0.2, -0.15) is 0 Å². The number of carbonyl (C=O) groups is 3. The molecule has 0 fully saturated rings. The van der Waals surface area contributed by atoms with Gasteiger partial charge in [0, 0.05) is 19.2 Å². The molecule has 0 aliphatic heterocycles. The monoisotopic (exact) mass is 611 g/mol. The van der Waals surface area contributed by atoms with Gasteiger partial charge in [-0.1, -0.05) is 54.1 Å². The Labute approximate surface area is 257 Å². The van der Waals surface area contributed by atoms with Crippen LogP contribution >= 0.6 is 11.6 Å². The van der Waals surface area contributed by atoms with Crippen LogP contribution in [0, 0.1) is 0 Å². The molecule has 0 saturated heterocycles. The second kappa shape index (κ2) is 16.3. The summed E-state index contributed by atoms with van der Waals surface area (Å²) in [6.07, 6.45) is -0.596. The number of nitrogens with one attached hydrogen (secondary N) is 3. The largest absolute Gasteiger partial charge is 0.497 e. The van der Waals surface area contributed by atoms with Crippen molar-refractivity contribution in [3.63, 3.8) is 0 Å². The molecule has 3 rings (SSSR count). The Morgan fingerprint density at radius 1 is 0.860 bits per heavy atom. The van der Waals surface area contributed by atoms with Crippen LogP contribution in [-0.2, 0) is 27.4 Å². The van der Waals surface area contributed by atoms with Gasteiger partial charge in [0.25, 0.3) is 0 Å². The number of alkyl carbamates (subject to hydrolysis) is 2. The summed E-state index contributed by atoms with van der Waals surface area (Å²) in [5.74, 6) is 1.29.